The van der Waals surface area contributed by atoms with Crippen molar-refractivity contribution in [2.24, 2.45) is 0 Å². The van der Waals surface area contributed by atoms with Gasteiger partial charge >= 0.3 is 5.79 Å². The molecule has 324 valence electrons. The van der Waals surface area contributed by atoms with Gasteiger partial charge in [0.05, 0.1) is 17.9 Å². The van der Waals surface area contributed by atoms with Gasteiger partial charge in [0.2, 0.25) is 0 Å². The largest absolute Gasteiger partial charge is 0.508 e. The molecule has 0 fully saturated rings. The summed E-state index contributed by atoms with van der Waals surface area (Å²) in [6.45, 7) is 0. The highest BCUT2D eigenvalue weighted by atomic mass is 16.7. The summed E-state index contributed by atoms with van der Waals surface area (Å²) in [5, 5.41) is 155. The van der Waals surface area contributed by atoms with Crippen LogP contribution in [0.3, 0.4) is 0 Å². The van der Waals surface area contributed by atoms with Crippen LogP contribution in [0, 0.1) is 0 Å². The van der Waals surface area contributed by atoms with Gasteiger partial charge in [-0.05, 0) is 53.6 Å². The first-order chi connectivity index (χ1) is 30.0. The minimum atomic E-state index is -2.31. The normalized spacial score (nSPS) is 25.2. The molecule has 18 heteroatoms. The summed E-state index contributed by atoms with van der Waals surface area (Å²) in [7, 11) is 0. The maximum absolute atomic E-state index is 12.5. The van der Waals surface area contributed by atoms with Gasteiger partial charge in [-0.3, -0.25) is 0 Å². The van der Waals surface area contributed by atoms with E-state index in [-0.39, 0.29) is 73.9 Å². The molecule has 0 saturated heterocycles. The standard InChI is InChI=1S/C45H36O18/c46-18-10-27(54)33-31(11-18)62-45(17-3-6-22(49)26(53)9-17)44(59)38(33)36-32(63-45)14-29(56)35-37(39(58)41(61-43(35)36)16-2-5-21(48)25(52)8-16)34-28(55)13-23(50)19-12-30(57)40(60-42(19)34)15-1-4-20(47)24(51)7-15/h1-11,13-14,30,37-41,44,46-59H,12H2/t30-,37?,38-,39-,40-,41?,44?,45+/m1/s1. The van der Waals surface area contributed by atoms with Crippen molar-refractivity contribution in [3.05, 3.63) is 123 Å². The molecule has 4 aliphatic rings. The van der Waals surface area contributed by atoms with Gasteiger partial charge in [0.25, 0.3) is 0 Å². The number of hydrogen-bond donors (Lipinski definition) is 14. The average Bonchev–Trinajstić information content (AvgIpc) is 3.22. The highest BCUT2D eigenvalue weighted by Crippen LogP contribution is 2.65. The first-order valence-electron chi connectivity index (χ1n) is 19.3. The minimum absolute atomic E-state index is 0.0325. The van der Waals surface area contributed by atoms with Crippen LogP contribution < -0.4 is 18.9 Å². The molecule has 63 heavy (non-hydrogen) atoms. The number of phenols is 11. The lowest BCUT2D eigenvalue weighted by molar-refractivity contribution is -0.219. The molecule has 2 bridgehead atoms. The zero-order valence-electron chi connectivity index (χ0n) is 32.1. The van der Waals surface area contributed by atoms with E-state index in [1.54, 1.807) is 0 Å². The van der Waals surface area contributed by atoms with E-state index < -0.39 is 111 Å². The zero-order valence-corrected chi connectivity index (χ0v) is 32.1. The molecule has 4 aliphatic heterocycles. The quantitative estimate of drug-likeness (QED) is 0.110. The van der Waals surface area contributed by atoms with Crippen LogP contribution in [0.25, 0.3) is 0 Å². The third kappa shape index (κ3) is 5.68. The Hall–Kier alpha value is -7.80. The molecule has 0 radical (unpaired) electrons. The van der Waals surface area contributed by atoms with Gasteiger partial charge in [-0.1, -0.05) is 12.1 Å². The zero-order chi connectivity index (χ0) is 44.5. The second kappa shape index (κ2) is 13.6. The summed E-state index contributed by atoms with van der Waals surface area (Å²) in [5.74, 6) is -12.6. The Balaban J connectivity index is 1.25. The van der Waals surface area contributed by atoms with Crippen molar-refractivity contribution in [1.29, 1.82) is 0 Å². The Labute approximate surface area is 354 Å². The van der Waals surface area contributed by atoms with Crippen molar-refractivity contribution in [2.75, 3.05) is 0 Å². The molecule has 6 aromatic carbocycles. The van der Waals surface area contributed by atoms with Crippen LogP contribution in [0.2, 0.25) is 0 Å². The predicted molar refractivity (Wildman–Crippen MR) is 212 cm³/mol. The first-order valence-corrected chi connectivity index (χ1v) is 19.3. The second-order valence-electron chi connectivity index (χ2n) is 15.9. The Kier molecular flexibility index (Phi) is 8.49. The van der Waals surface area contributed by atoms with Crippen molar-refractivity contribution >= 4 is 0 Å². The Morgan fingerprint density at radius 2 is 0.984 bits per heavy atom. The molecule has 10 rings (SSSR count). The van der Waals surface area contributed by atoms with E-state index in [1.165, 1.54) is 18.2 Å². The van der Waals surface area contributed by atoms with Crippen LogP contribution in [-0.2, 0) is 12.2 Å². The summed E-state index contributed by atoms with van der Waals surface area (Å²) in [6, 6.07) is 14.8. The number of hydrogen-bond acceptors (Lipinski definition) is 18. The van der Waals surface area contributed by atoms with Crippen LogP contribution in [-0.4, -0.2) is 89.8 Å². The number of fused-ring (bicyclic) bond motifs is 9. The fraction of sp³-hybridized carbons (Fsp3) is 0.200. The third-order valence-electron chi connectivity index (χ3n) is 12.2. The van der Waals surface area contributed by atoms with E-state index in [4.69, 9.17) is 18.9 Å². The fourth-order valence-corrected chi connectivity index (χ4v) is 9.32. The van der Waals surface area contributed by atoms with Gasteiger partial charge in [-0.2, -0.15) is 0 Å². The average molecular weight is 865 g/mol. The van der Waals surface area contributed by atoms with Gasteiger partial charge in [0.1, 0.15) is 70.1 Å². The van der Waals surface area contributed by atoms with Crippen molar-refractivity contribution in [1.82, 2.24) is 0 Å². The van der Waals surface area contributed by atoms with Crippen molar-refractivity contribution in [3.63, 3.8) is 0 Å². The molecular formula is C45H36O18. The maximum Gasteiger partial charge on any atom is 0.305 e. The van der Waals surface area contributed by atoms with Crippen LogP contribution in [0.1, 0.15) is 68.6 Å². The summed E-state index contributed by atoms with van der Waals surface area (Å²) in [5.41, 5.74) is -0.583. The smallest absolute Gasteiger partial charge is 0.305 e. The van der Waals surface area contributed by atoms with E-state index in [0.717, 1.165) is 60.7 Å². The molecule has 4 heterocycles. The number of rotatable bonds is 4. The molecule has 14 N–H and O–H groups in total. The number of ether oxygens (including phenoxy) is 4. The molecule has 8 atom stereocenters. The Morgan fingerprint density at radius 1 is 0.444 bits per heavy atom. The molecule has 0 aromatic heterocycles. The lowest BCUT2D eigenvalue weighted by atomic mass is 9.71. The monoisotopic (exact) mass is 864 g/mol. The Morgan fingerprint density at radius 3 is 1.62 bits per heavy atom. The van der Waals surface area contributed by atoms with Gasteiger partial charge in [-0.25, -0.2) is 0 Å². The predicted octanol–water partition coefficient (Wildman–Crippen LogP) is 4.24. The molecule has 18 nitrogen and oxygen atoms in total. The number of phenolic OH excluding ortho intramolecular Hbond substituents is 11. The highest BCUT2D eigenvalue weighted by molar-refractivity contribution is 5.72. The minimum Gasteiger partial charge on any atom is -0.508 e. The molecule has 0 spiro atoms. The van der Waals surface area contributed by atoms with Crippen molar-refractivity contribution < 1.29 is 90.4 Å². The van der Waals surface area contributed by atoms with Crippen LogP contribution in [0.5, 0.6) is 86.2 Å². The van der Waals surface area contributed by atoms with Crippen LogP contribution in [0.15, 0.2) is 78.9 Å². The molecule has 0 amide bonds. The topological polar surface area (TPSA) is 320 Å². The van der Waals surface area contributed by atoms with E-state index in [1.807, 2.05) is 0 Å². The lowest BCUT2D eigenvalue weighted by Gasteiger charge is -2.51. The molecule has 0 aliphatic carbocycles. The summed E-state index contributed by atoms with van der Waals surface area (Å²) in [6.07, 6.45) is -8.29. The van der Waals surface area contributed by atoms with Gasteiger partial charge in [0.15, 0.2) is 40.6 Å². The van der Waals surface area contributed by atoms with Gasteiger partial charge in [0, 0.05) is 64.1 Å². The number of aliphatic hydroxyl groups is 3. The molecule has 3 unspecified atom stereocenters. The summed E-state index contributed by atoms with van der Waals surface area (Å²) >= 11 is 0. The van der Waals surface area contributed by atoms with Crippen LogP contribution in [0.4, 0.5) is 0 Å². The first kappa shape index (κ1) is 39.3. The van der Waals surface area contributed by atoms with E-state index in [9.17, 15) is 71.5 Å². The van der Waals surface area contributed by atoms with E-state index in [2.05, 4.69) is 0 Å². The number of aliphatic hydroxyl groups excluding tert-OH is 3. The second-order valence-corrected chi connectivity index (χ2v) is 15.9. The highest BCUT2D eigenvalue weighted by Gasteiger charge is 2.61. The fourth-order valence-electron chi connectivity index (χ4n) is 9.32. The van der Waals surface area contributed by atoms with Gasteiger partial charge in [-0.15, -0.1) is 0 Å². The van der Waals surface area contributed by atoms with Crippen molar-refractivity contribution in [2.45, 2.75) is 54.6 Å². The molecular weight excluding hydrogens is 828 g/mol. The molecule has 6 aromatic rings. The lowest BCUT2D eigenvalue weighted by Crippen LogP contribution is -2.57. The summed E-state index contributed by atoms with van der Waals surface area (Å²) in [4.78, 5) is 0. The SMILES string of the molecule is Oc1cc(O)c2c(c1)O[C@@]1(c3ccc(O)c(O)c3)Oc3cc(O)c4c(c3[C@@H]2C1O)OC(c1ccc(O)c(O)c1)[C@H](O)C4c1c(O)cc(O)c2c1O[C@H](c1ccc(O)c(O)c1)[C@H](O)C2. The Bertz CT molecular complexity index is 2910. The number of aromatic hydroxyl groups is 11. The molecule has 0 saturated carbocycles. The van der Waals surface area contributed by atoms with E-state index in [0.29, 0.717) is 0 Å². The third-order valence-corrected chi connectivity index (χ3v) is 12.2. The van der Waals surface area contributed by atoms with E-state index >= 15 is 0 Å². The number of benzene rings is 6. The maximum atomic E-state index is 12.5. The van der Waals surface area contributed by atoms with Crippen molar-refractivity contribution in [3.8, 4) is 86.2 Å². The van der Waals surface area contributed by atoms with Crippen LogP contribution >= 0.6 is 0 Å². The summed E-state index contributed by atoms with van der Waals surface area (Å²) < 4.78 is 25.6. The van der Waals surface area contributed by atoms with Gasteiger partial charge < -0.3 is 90.4 Å².